The summed E-state index contributed by atoms with van der Waals surface area (Å²) in [6.07, 6.45) is -0.394. The Balaban J connectivity index is 3.11. The van der Waals surface area contributed by atoms with Gasteiger partial charge in [-0.2, -0.15) is 0 Å². The van der Waals surface area contributed by atoms with E-state index < -0.39 is 6.10 Å². The lowest BCUT2D eigenvalue weighted by Crippen LogP contribution is -1.95. The maximum Gasteiger partial charge on any atom is 0.0762 e. The molecule has 0 saturated heterocycles. The molecule has 0 saturated carbocycles. The van der Waals surface area contributed by atoms with Crippen molar-refractivity contribution in [3.8, 4) is 0 Å². The van der Waals surface area contributed by atoms with Crippen LogP contribution >= 0.6 is 15.9 Å². The Hall–Kier alpha value is -0.340. The molecule has 1 rings (SSSR count). The lowest BCUT2D eigenvalue weighted by molar-refractivity contribution is 0.199. The van der Waals surface area contributed by atoms with Crippen LogP contribution in [0.2, 0.25) is 0 Å². The van der Waals surface area contributed by atoms with Gasteiger partial charge in [-0.25, -0.2) is 0 Å². The summed E-state index contributed by atoms with van der Waals surface area (Å²) in [5.41, 5.74) is 2.23. The van der Waals surface area contributed by atoms with Crippen molar-refractivity contribution in [1.82, 2.24) is 0 Å². The monoisotopic (exact) mass is 242 g/mol. The van der Waals surface area contributed by atoms with Gasteiger partial charge in [-0.1, -0.05) is 35.8 Å². The second-order valence-electron chi connectivity index (χ2n) is 3.65. The maximum atomic E-state index is 9.43. The minimum atomic E-state index is -0.394. The van der Waals surface area contributed by atoms with Crippen LogP contribution in [0, 0.1) is 0 Å². The van der Waals surface area contributed by atoms with Crippen LogP contribution in [0.1, 0.15) is 43.9 Å². The van der Waals surface area contributed by atoms with E-state index in [1.165, 1.54) is 5.56 Å². The molecule has 0 bridgehead atoms. The van der Waals surface area contributed by atoms with E-state index in [2.05, 4.69) is 41.9 Å². The lowest BCUT2D eigenvalue weighted by Gasteiger charge is -2.11. The van der Waals surface area contributed by atoms with Crippen LogP contribution in [0.4, 0.5) is 0 Å². The van der Waals surface area contributed by atoms with Crippen molar-refractivity contribution in [3.05, 3.63) is 33.8 Å². The first-order chi connectivity index (χ1) is 6.00. The van der Waals surface area contributed by atoms with Crippen LogP contribution in [-0.2, 0) is 0 Å². The van der Waals surface area contributed by atoms with Gasteiger partial charge >= 0.3 is 0 Å². The highest BCUT2D eigenvalue weighted by Gasteiger charge is 2.06. The normalized spacial score (nSPS) is 13.4. The molecule has 0 amide bonds. The summed E-state index contributed by atoms with van der Waals surface area (Å²) >= 11 is 3.44. The fourth-order valence-corrected chi connectivity index (χ4v) is 1.74. The molecule has 1 atom stereocenters. The third-order valence-corrected chi connectivity index (χ3v) is 2.55. The molecule has 0 fully saturated rings. The molecule has 0 spiro atoms. The summed E-state index contributed by atoms with van der Waals surface area (Å²) in [6.45, 7) is 6.08. The molecular weight excluding hydrogens is 228 g/mol. The first-order valence-corrected chi connectivity index (χ1v) is 5.28. The average molecular weight is 243 g/mol. The van der Waals surface area contributed by atoms with E-state index in [0.29, 0.717) is 5.92 Å². The third-order valence-electron chi connectivity index (χ3n) is 2.09. The van der Waals surface area contributed by atoms with Gasteiger partial charge in [0.2, 0.25) is 0 Å². The van der Waals surface area contributed by atoms with Crippen LogP contribution in [0.5, 0.6) is 0 Å². The fourth-order valence-electron chi connectivity index (χ4n) is 1.21. The molecule has 2 heteroatoms. The molecule has 13 heavy (non-hydrogen) atoms. The van der Waals surface area contributed by atoms with Crippen molar-refractivity contribution in [1.29, 1.82) is 0 Å². The molecule has 1 aromatic carbocycles. The molecule has 0 radical (unpaired) electrons. The third kappa shape index (κ3) is 2.82. The molecule has 0 aliphatic heterocycles. The summed E-state index contributed by atoms with van der Waals surface area (Å²) < 4.78 is 1.04. The Morgan fingerprint density at radius 2 is 1.62 bits per heavy atom. The second kappa shape index (κ2) is 4.25. The minimum absolute atomic E-state index is 0.394. The number of rotatable bonds is 2. The van der Waals surface area contributed by atoms with E-state index in [0.717, 1.165) is 10.0 Å². The standard InChI is InChI=1S/C11H15BrO/c1-7(2)9-4-10(8(3)13)6-11(12)5-9/h4-8,13H,1-3H3. The summed E-state index contributed by atoms with van der Waals surface area (Å²) in [4.78, 5) is 0. The first kappa shape index (κ1) is 10.7. The Labute approximate surface area is 87.9 Å². The highest BCUT2D eigenvalue weighted by molar-refractivity contribution is 9.10. The zero-order chi connectivity index (χ0) is 10.0. The van der Waals surface area contributed by atoms with Gasteiger partial charge in [0.05, 0.1) is 6.10 Å². The number of halogens is 1. The number of hydrogen-bond donors (Lipinski definition) is 1. The molecule has 0 heterocycles. The summed E-state index contributed by atoms with van der Waals surface area (Å²) in [7, 11) is 0. The van der Waals surface area contributed by atoms with Crippen molar-refractivity contribution < 1.29 is 5.11 Å². The van der Waals surface area contributed by atoms with Gasteiger partial charge in [-0.15, -0.1) is 0 Å². The smallest absolute Gasteiger partial charge is 0.0762 e. The van der Waals surface area contributed by atoms with Crippen LogP contribution in [0.3, 0.4) is 0 Å². The molecule has 1 N–H and O–H groups in total. The van der Waals surface area contributed by atoms with E-state index in [1.807, 2.05) is 6.07 Å². The second-order valence-corrected chi connectivity index (χ2v) is 4.56. The topological polar surface area (TPSA) is 20.2 Å². The van der Waals surface area contributed by atoms with Crippen molar-refractivity contribution in [3.63, 3.8) is 0 Å². The van der Waals surface area contributed by atoms with Gasteiger partial charge in [0.15, 0.2) is 0 Å². The first-order valence-electron chi connectivity index (χ1n) is 4.49. The number of hydrogen-bond acceptors (Lipinski definition) is 1. The predicted molar refractivity (Wildman–Crippen MR) is 58.9 cm³/mol. The number of aliphatic hydroxyl groups excluding tert-OH is 1. The molecule has 72 valence electrons. The van der Waals surface area contributed by atoms with Gasteiger partial charge in [-0.05, 0) is 36.1 Å². The Morgan fingerprint density at radius 1 is 1.08 bits per heavy atom. The molecule has 0 aliphatic rings. The fraction of sp³-hybridized carbons (Fsp3) is 0.455. The predicted octanol–water partition coefficient (Wildman–Crippen LogP) is 3.63. The van der Waals surface area contributed by atoms with E-state index in [-0.39, 0.29) is 0 Å². The van der Waals surface area contributed by atoms with E-state index >= 15 is 0 Å². The minimum Gasteiger partial charge on any atom is -0.389 e. The summed E-state index contributed by atoms with van der Waals surface area (Å²) in [6, 6.07) is 6.10. The van der Waals surface area contributed by atoms with Gasteiger partial charge < -0.3 is 5.11 Å². The molecule has 0 aliphatic carbocycles. The zero-order valence-electron chi connectivity index (χ0n) is 8.21. The number of aliphatic hydroxyl groups is 1. The van der Waals surface area contributed by atoms with Gasteiger partial charge in [0.25, 0.3) is 0 Å². The van der Waals surface area contributed by atoms with Crippen LogP contribution in [0.25, 0.3) is 0 Å². The zero-order valence-corrected chi connectivity index (χ0v) is 9.80. The van der Waals surface area contributed by atoms with Crippen LogP contribution in [-0.4, -0.2) is 5.11 Å². The van der Waals surface area contributed by atoms with Gasteiger partial charge in [0, 0.05) is 4.47 Å². The van der Waals surface area contributed by atoms with Crippen LogP contribution in [0.15, 0.2) is 22.7 Å². The van der Waals surface area contributed by atoms with Crippen molar-refractivity contribution >= 4 is 15.9 Å². The van der Waals surface area contributed by atoms with Gasteiger partial charge in [-0.3, -0.25) is 0 Å². The van der Waals surface area contributed by atoms with E-state index in [4.69, 9.17) is 0 Å². The van der Waals surface area contributed by atoms with E-state index in [1.54, 1.807) is 6.92 Å². The SMILES string of the molecule is CC(C)c1cc(Br)cc(C(C)O)c1. The Kier molecular flexibility index (Phi) is 3.51. The van der Waals surface area contributed by atoms with E-state index in [9.17, 15) is 5.11 Å². The van der Waals surface area contributed by atoms with Crippen molar-refractivity contribution in [2.75, 3.05) is 0 Å². The lowest BCUT2D eigenvalue weighted by atomic mass is 9.99. The summed E-state index contributed by atoms with van der Waals surface area (Å²) in [5.74, 6) is 0.495. The largest absolute Gasteiger partial charge is 0.389 e. The molecule has 1 unspecified atom stereocenters. The van der Waals surface area contributed by atoms with Gasteiger partial charge in [0.1, 0.15) is 0 Å². The summed E-state index contributed by atoms with van der Waals surface area (Å²) in [5, 5.41) is 9.43. The van der Waals surface area contributed by atoms with Crippen molar-refractivity contribution in [2.24, 2.45) is 0 Å². The highest BCUT2D eigenvalue weighted by atomic mass is 79.9. The quantitative estimate of drug-likeness (QED) is 0.840. The Bertz CT molecular complexity index is 266. The molecule has 1 nitrogen and oxygen atoms in total. The van der Waals surface area contributed by atoms with Crippen LogP contribution < -0.4 is 0 Å². The number of benzene rings is 1. The molecule has 1 aromatic rings. The average Bonchev–Trinajstić information content (AvgIpc) is 2.03. The maximum absolute atomic E-state index is 9.43. The molecule has 0 aromatic heterocycles. The highest BCUT2D eigenvalue weighted by Crippen LogP contribution is 2.24. The van der Waals surface area contributed by atoms with Crippen molar-refractivity contribution in [2.45, 2.75) is 32.8 Å². The Morgan fingerprint density at radius 3 is 2.08 bits per heavy atom. The molecular formula is C11H15BrO.